The number of carbonyl (C=O) groups is 2. The zero-order valence-corrected chi connectivity index (χ0v) is 21.5. The van der Waals surface area contributed by atoms with Gasteiger partial charge in [0.1, 0.15) is 10.6 Å². The summed E-state index contributed by atoms with van der Waals surface area (Å²) < 4.78 is 75.2. The van der Waals surface area contributed by atoms with Crippen molar-refractivity contribution in [3.8, 4) is 0 Å². The third-order valence-corrected chi connectivity index (χ3v) is 6.21. The van der Waals surface area contributed by atoms with Crippen LogP contribution in [0, 0.1) is 9.49 Å². The molecule has 3 heterocycles. The zero-order chi connectivity index (χ0) is 25.6. The van der Waals surface area contributed by atoms with E-state index in [1.807, 2.05) is 22.6 Å². The number of likely N-dealkylation sites (tertiary alicyclic amines) is 1. The first-order chi connectivity index (χ1) is 15.5. The van der Waals surface area contributed by atoms with Crippen LogP contribution in [0.1, 0.15) is 38.1 Å². The van der Waals surface area contributed by atoms with Crippen molar-refractivity contribution in [2.24, 2.45) is 5.92 Å². The van der Waals surface area contributed by atoms with Crippen LogP contribution in [0.4, 0.5) is 26.7 Å². The van der Waals surface area contributed by atoms with E-state index >= 15 is 8.78 Å². The molecule has 1 saturated heterocycles. The summed E-state index contributed by atoms with van der Waals surface area (Å²) in [6.45, 7) is 5.30. The number of piperidine rings is 1. The fourth-order valence-corrected chi connectivity index (χ4v) is 4.78. The highest BCUT2D eigenvalue weighted by molar-refractivity contribution is 14.1. The molecule has 0 aromatic carbocycles. The first-order valence-electron chi connectivity index (χ1n) is 10.1. The Morgan fingerprint density at radius 3 is 2.50 bits per heavy atom. The van der Waals surface area contributed by atoms with Gasteiger partial charge in [-0.15, -0.1) is 0 Å². The van der Waals surface area contributed by atoms with Gasteiger partial charge in [-0.1, -0.05) is 6.92 Å². The number of carbonyl (C=O) groups excluding carboxylic acids is 2. The van der Waals surface area contributed by atoms with Crippen molar-refractivity contribution in [2.45, 2.75) is 55.8 Å². The average Bonchev–Trinajstić information content (AvgIpc) is 3.02. The van der Waals surface area contributed by atoms with Gasteiger partial charge in [0.2, 0.25) is 0 Å². The van der Waals surface area contributed by atoms with Crippen LogP contribution in [-0.4, -0.2) is 62.4 Å². The Balaban J connectivity index is 1.83. The maximum atomic E-state index is 15.0. The molecule has 1 aliphatic rings. The second kappa shape index (κ2) is 9.32. The van der Waals surface area contributed by atoms with Gasteiger partial charge in [-0.05, 0) is 55.3 Å². The first-order valence-corrected chi connectivity index (χ1v) is 12.0. The molecule has 2 atom stereocenters. The predicted molar refractivity (Wildman–Crippen MR) is 123 cm³/mol. The van der Waals surface area contributed by atoms with Gasteiger partial charge in [-0.25, -0.2) is 18.6 Å². The van der Waals surface area contributed by atoms with Crippen LogP contribution in [0.25, 0.3) is 5.65 Å². The lowest BCUT2D eigenvalue weighted by atomic mass is 9.90. The molecule has 0 saturated carbocycles. The number of rotatable bonds is 3. The summed E-state index contributed by atoms with van der Waals surface area (Å²) in [6.07, 6.45) is 1.46. The number of amides is 2. The number of halogens is 6. The van der Waals surface area contributed by atoms with Crippen LogP contribution < -0.4 is 5.32 Å². The predicted octanol–water partition coefficient (Wildman–Crippen LogP) is 5.17. The maximum absolute atomic E-state index is 15.0. The van der Waals surface area contributed by atoms with Crippen molar-refractivity contribution < 1.29 is 36.3 Å². The standard InChI is InChI=1S/C20H22F5IN4O3S/c1-10-7-29(17(32)33-18(2,3)4)9-19(21,22)14(10)28-16(31)12-5-11(26)8-30-13(6-27-15(12)30)34-20(23,24)25/h5-6,8,10,14H,7,9H2,1-4H3,(H,28,31)/t10-,14+/m1/s1. The molecule has 0 aliphatic carbocycles. The summed E-state index contributed by atoms with van der Waals surface area (Å²) in [6, 6.07) is -0.255. The third-order valence-electron chi connectivity index (χ3n) is 4.88. The van der Waals surface area contributed by atoms with Gasteiger partial charge in [0.05, 0.1) is 24.3 Å². The molecule has 0 unspecified atom stereocenters. The Labute approximate surface area is 209 Å². The summed E-state index contributed by atoms with van der Waals surface area (Å²) in [5.74, 6) is -5.22. The third kappa shape index (κ3) is 6.23. The number of ether oxygens (including phenoxy) is 1. The lowest BCUT2D eigenvalue weighted by Crippen LogP contribution is -2.63. The van der Waals surface area contributed by atoms with Crippen molar-refractivity contribution in [1.29, 1.82) is 0 Å². The number of fused-ring (bicyclic) bond motifs is 1. The molecule has 34 heavy (non-hydrogen) atoms. The quantitative estimate of drug-likeness (QED) is 0.291. The molecule has 188 valence electrons. The number of hydrogen-bond acceptors (Lipinski definition) is 5. The molecule has 0 spiro atoms. The Morgan fingerprint density at radius 2 is 1.94 bits per heavy atom. The van der Waals surface area contributed by atoms with Crippen molar-refractivity contribution in [1.82, 2.24) is 19.6 Å². The van der Waals surface area contributed by atoms with E-state index in [-0.39, 0.29) is 22.8 Å². The number of hydrogen-bond donors (Lipinski definition) is 1. The van der Waals surface area contributed by atoms with E-state index in [1.54, 1.807) is 20.8 Å². The summed E-state index contributed by atoms with van der Waals surface area (Å²) in [4.78, 5) is 30.1. The molecule has 3 rings (SSSR count). The van der Waals surface area contributed by atoms with E-state index in [0.717, 1.165) is 15.5 Å². The minimum atomic E-state index is -4.57. The summed E-state index contributed by atoms with van der Waals surface area (Å²) in [7, 11) is 0. The number of nitrogens with one attached hydrogen (secondary N) is 1. The maximum Gasteiger partial charge on any atom is 0.447 e. The van der Waals surface area contributed by atoms with E-state index in [1.165, 1.54) is 19.2 Å². The highest BCUT2D eigenvalue weighted by atomic mass is 127. The summed E-state index contributed by atoms with van der Waals surface area (Å²) >= 11 is 1.42. The molecule has 1 aliphatic heterocycles. The molecule has 1 fully saturated rings. The molecule has 2 aromatic heterocycles. The summed E-state index contributed by atoms with van der Waals surface area (Å²) in [5, 5.41) is 2.04. The Bertz CT molecular complexity index is 1100. The van der Waals surface area contributed by atoms with Crippen LogP contribution >= 0.6 is 34.4 Å². The summed E-state index contributed by atoms with van der Waals surface area (Å²) in [5.41, 5.74) is -5.66. The average molecular weight is 620 g/mol. The topological polar surface area (TPSA) is 75.9 Å². The van der Waals surface area contributed by atoms with E-state index in [9.17, 15) is 22.8 Å². The van der Waals surface area contributed by atoms with Crippen LogP contribution in [0.3, 0.4) is 0 Å². The molecular formula is C20H22F5IN4O3S. The van der Waals surface area contributed by atoms with Gasteiger partial charge in [-0.2, -0.15) is 13.2 Å². The van der Waals surface area contributed by atoms with Crippen molar-refractivity contribution in [2.75, 3.05) is 13.1 Å². The van der Waals surface area contributed by atoms with Crippen LogP contribution in [0.2, 0.25) is 0 Å². The molecule has 14 heteroatoms. The number of aromatic nitrogens is 2. The van der Waals surface area contributed by atoms with Crippen molar-refractivity contribution >= 4 is 52.0 Å². The molecule has 2 aromatic rings. The van der Waals surface area contributed by atoms with E-state index < -0.39 is 59.3 Å². The highest BCUT2D eigenvalue weighted by Crippen LogP contribution is 2.38. The lowest BCUT2D eigenvalue weighted by Gasteiger charge is -2.42. The van der Waals surface area contributed by atoms with Gasteiger partial charge in [0.25, 0.3) is 11.8 Å². The van der Waals surface area contributed by atoms with Crippen LogP contribution in [0.15, 0.2) is 23.5 Å². The van der Waals surface area contributed by atoms with E-state index in [4.69, 9.17) is 4.74 Å². The van der Waals surface area contributed by atoms with E-state index in [0.29, 0.717) is 3.57 Å². The minimum absolute atomic E-state index is 0.0765. The molecule has 1 N–H and O–H groups in total. The monoisotopic (exact) mass is 620 g/mol. The van der Waals surface area contributed by atoms with Gasteiger partial charge in [0, 0.05) is 28.1 Å². The number of imidazole rings is 1. The van der Waals surface area contributed by atoms with Gasteiger partial charge >= 0.3 is 11.6 Å². The van der Waals surface area contributed by atoms with Gasteiger partial charge in [-0.3, -0.25) is 9.20 Å². The molecular weight excluding hydrogens is 598 g/mol. The number of thioether (sulfide) groups is 1. The minimum Gasteiger partial charge on any atom is -0.444 e. The zero-order valence-electron chi connectivity index (χ0n) is 18.5. The number of alkyl halides is 5. The SMILES string of the molecule is C[C@@H]1CN(C(=O)OC(C)(C)C)CC(F)(F)[C@H]1NC(=O)c1cc(I)cn2c(SC(F)(F)F)cnc12. The number of nitrogens with zero attached hydrogens (tertiary/aromatic N) is 3. The largest absolute Gasteiger partial charge is 0.447 e. The number of pyridine rings is 1. The highest BCUT2D eigenvalue weighted by Gasteiger charge is 2.51. The Kier molecular flexibility index (Phi) is 7.33. The second-order valence-corrected chi connectivity index (χ2v) is 11.3. The fraction of sp³-hybridized carbons (Fsp3) is 0.550. The second-order valence-electron chi connectivity index (χ2n) is 8.96. The molecule has 0 radical (unpaired) electrons. The van der Waals surface area contributed by atoms with Crippen molar-refractivity contribution in [3.05, 3.63) is 27.6 Å². The lowest BCUT2D eigenvalue weighted by molar-refractivity contribution is -0.106. The van der Waals surface area contributed by atoms with Crippen molar-refractivity contribution in [3.63, 3.8) is 0 Å². The molecule has 7 nitrogen and oxygen atoms in total. The van der Waals surface area contributed by atoms with E-state index in [2.05, 4.69) is 10.3 Å². The first kappa shape index (κ1) is 26.8. The Hall–Kier alpha value is -1.84. The van der Waals surface area contributed by atoms with Gasteiger partial charge < -0.3 is 15.0 Å². The fourth-order valence-electron chi connectivity index (χ4n) is 3.61. The smallest absolute Gasteiger partial charge is 0.444 e. The van der Waals surface area contributed by atoms with Crippen LogP contribution in [-0.2, 0) is 4.74 Å². The normalized spacial score (nSPS) is 20.9. The Morgan fingerprint density at radius 1 is 1.29 bits per heavy atom. The molecule has 0 bridgehead atoms. The van der Waals surface area contributed by atoms with Gasteiger partial charge in [0.15, 0.2) is 5.65 Å². The molecule has 2 amide bonds. The van der Waals surface area contributed by atoms with Crippen LogP contribution in [0.5, 0.6) is 0 Å².